The first-order chi connectivity index (χ1) is 8.86. The number of amides is 1. The quantitative estimate of drug-likeness (QED) is 0.866. The molecule has 106 valence electrons. The Kier molecular flexibility index (Phi) is 5.50. The molecule has 1 aromatic heterocycles. The van der Waals surface area contributed by atoms with Crippen molar-refractivity contribution >= 4 is 23.2 Å². The van der Waals surface area contributed by atoms with Crippen LogP contribution in [0.3, 0.4) is 0 Å². The molecule has 0 saturated carbocycles. The van der Waals surface area contributed by atoms with Crippen molar-refractivity contribution in [2.24, 2.45) is 0 Å². The van der Waals surface area contributed by atoms with Crippen LogP contribution >= 0.6 is 11.3 Å². The number of nitrogens with zero attached hydrogens (tertiary/aromatic N) is 2. The van der Waals surface area contributed by atoms with Gasteiger partial charge in [0.1, 0.15) is 4.88 Å². The van der Waals surface area contributed by atoms with Gasteiger partial charge in [-0.1, -0.05) is 0 Å². The third-order valence-corrected chi connectivity index (χ3v) is 3.85. The van der Waals surface area contributed by atoms with Gasteiger partial charge in [-0.25, -0.2) is 4.79 Å². The number of thiophene rings is 1. The summed E-state index contributed by atoms with van der Waals surface area (Å²) in [6.45, 7) is 5.30. The topological polar surface area (TPSA) is 60.9 Å². The van der Waals surface area contributed by atoms with Crippen LogP contribution in [0, 0.1) is 0 Å². The predicted octanol–water partition coefficient (Wildman–Crippen LogP) is 1.86. The van der Waals surface area contributed by atoms with E-state index in [1.807, 2.05) is 32.8 Å². The summed E-state index contributed by atoms with van der Waals surface area (Å²) in [5.41, 5.74) is 0. The van der Waals surface area contributed by atoms with Gasteiger partial charge in [0.25, 0.3) is 5.91 Å². The first-order valence-electron chi connectivity index (χ1n) is 6.15. The highest BCUT2D eigenvalue weighted by molar-refractivity contribution is 7.15. The lowest BCUT2D eigenvalue weighted by Crippen LogP contribution is -2.43. The Labute approximate surface area is 117 Å². The fraction of sp³-hybridized carbons (Fsp3) is 0.538. The fourth-order valence-electron chi connectivity index (χ4n) is 1.99. The summed E-state index contributed by atoms with van der Waals surface area (Å²) in [6.07, 6.45) is 0. The molecule has 1 atom stereocenters. The minimum absolute atomic E-state index is 0.0860. The highest BCUT2D eigenvalue weighted by atomic mass is 32.1. The summed E-state index contributed by atoms with van der Waals surface area (Å²) < 4.78 is 0. The SMILES string of the molecule is CCN(C(=O)c1ccc(C(=O)O)s1)C(C)CN(C)C. The number of aromatic carboxylic acids is 1. The Morgan fingerprint density at radius 2 is 1.89 bits per heavy atom. The van der Waals surface area contributed by atoms with Crippen LogP contribution in [0.2, 0.25) is 0 Å². The van der Waals surface area contributed by atoms with Crippen LogP contribution in [-0.2, 0) is 0 Å². The van der Waals surface area contributed by atoms with E-state index in [1.165, 1.54) is 6.07 Å². The molecule has 0 aliphatic heterocycles. The molecule has 1 N–H and O–H groups in total. The average molecular weight is 284 g/mol. The van der Waals surface area contributed by atoms with E-state index in [-0.39, 0.29) is 16.8 Å². The molecule has 0 radical (unpaired) electrons. The second-order valence-electron chi connectivity index (χ2n) is 4.67. The normalized spacial score (nSPS) is 12.5. The smallest absolute Gasteiger partial charge is 0.345 e. The Bertz CT molecular complexity index is 456. The molecule has 1 unspecified atom stereocenters. The zero-order valence-corrected chi connectivity index (χ0v) is 12.5. The van der Waals surface area contributed by atoms with Crippen molar-refractivity contribution in [3.8, 4) is 0 Å². The average Bonchev–Trinajstić information content (AvgIpc) is 2.77. The molecule has 0 saturated heterocycles. The molecule has 0 bridgehead atoms. The van der Waals surface area contributed by atoms with Crippen molar-refractivity contribution in [3.63, 3.8) is 0 Å². The van der Waals surface area contributed by atoms with Crippen molar-refractivity contribution in [3.05, 3.63) is 21.9 Å². The van der Waals surface area contributed by atoms with Crippen molar-refractivity contribution in [1.29, 1.82) is 0 Å². The zero-order valence-electron chi connectivity index (χ0n) is 11.7. The maximum atomic E-state index is 12.4. The van der Waals surface area contributed by atoms with Gasteiger partial charge in [0, 0.05) is 19.1 Å². The van der Waals surface area contributed by atoms with Crippen LogP contribution < -0.4 is 0 Å². The molecule has 0 spiro atoms. The molecule has 0 aliphatic rings. The van der Waals surface area contributed by atoms with Crippen molar-refractivity contribution in [2.75, 3.05) is 27.2 Å². The summed E-state index contributed by atoms with van der Waals surface area (Å²) >= 11 is 1.02. The fourth-order valence-corrected chi connectivity index (χ4v) is 2.79. The number of hydrogen-bond donors (Lipinski definition) is 1. The van der Waals surface area contributed by atoms with Crippen LogP contribution in [0.4, 0.5) is 0 Å². The van der Waals surface area contributed by atoms with E-state index in [9.17, 15) is 9.59 Å². The summed E-state index contributed by atoms with van der Waals surface area (Å²) in [7, 11) is 3.92. The number of carboxylic acids is 1. The molecule has 1 aromatic rings. The minimum atomic E-state index is -0.992. The van der Waals surface area contributed by atoms with Crippen LogP contribution in [0.5, 0.6) is 0 Å². The highest BCUT2D eigenvalue weighted by Crippen LogP contribution is 2.19. The van der Waals surface area contributed by atoms with E-state index in [0.717, 1.165) is 17.9 Å². The van der Waals surface area contributed by atoms with Gasteiger partial charge in [0.15, 0.2) is 0 Å². The number of carbonyl (C=O) groups excluding carboxylic acids is 1. The summed E-state index contributed by atoms with van der Waals surface area (Å²) in [6, 6.07) is 3.15. The monoisotopic (exact) mass is 284 g/mol. The molecule has 1 amide bonds. The van der Waals surface area contributed by atoms with E-state index in [2.05, 4.69) is 0 Å². The molecule has 0 aliphatic carbocycles. The molecule has 19 heavy (non-hydrogen) atoms. The van der Waals surface area contributed by atoms with Gasteiger partial charge in [-0.05, 0) is 40.1 Å². The van der Waals surface area contributed by atoms with Crippen LogP contribution in [0.25, 0.3) is 0 Å². The van der Waals surface area contributed by atoms with E-state index < -0.39 is 5.97 Å². The van der Waals surface area contributed by atoms with Crippen molar-refractivity contribution in [2.45, 2.75) is 19.9 Å². The second-order valence-corrected chi connectivity index (χ2v) is 5.76. The number of rotatable bonds is 6. The van der Waals surface area contributed by atoms with Gasteiger partial charge in [0.05, 0.1) is 4.88 Å². The first kappa shape index (κ1) is 15.7. The number of carboxylic acid groups (broad SMARTS) is 1. The molecule has 1 rings (SSSR count). The van der Waals surface area contributed by atoms with Crippen molar-refractivity contribution < 1.29 is 14.7 Å². The van der Waals surface area contributed by atoms with Gasteiger partial charge >= 0.3 is 5.97 Å². The standard InChI is InChI=1S/C13H20N2O3S/c1-5-15(9(2)8-14(3)4)12(16)10-6-7-11(19-10)13(17)18/h6-7,9H,5,8H2,1-4H3,(H,17,18). The molecular weight excluding hydrogens is 264 g/mol. The van der Waals surface area contributed by atoms with E-state index >= 15 is 0 Å². The van der Waals surface area contributed by atoms with Crippen LogP contribution in [-0.4, -0.2) is 60.0 Å². The summed E-state index contributed by atoms with van der Waals surface area (Å²) in [4.78, 5) is 27.7. The maximum absolute atomic E-state index is 12.4. The summed E-state index contributed by atoms with van der Waals surface area (Å²) in [5.74, 6) is -1.09. The maximum Gasteiger partial charge on any atom is 0.345 e. The lowest BCUT2D eigenvalue weighted by atomic mass is 10.2. The molecular formula is C13H20N2O3S. The van der Waals surface area contributed by atoms with Gasteiger partial charge in [-0.2, -0.15) is 0 Å². The zero-order chi connectivity index (χ0) is 14.6. The Balaban J connectivity index is 2.85. The highest BCUT2D eigenvalue weighted by Gasteiger charge is 2.22. The molecule has 1 heterocycles. The van der Waals surface area contributed by atoms with Gasteiger partial charge in [0.2, 0.25) is 0 Å². The molecule has 0 aromatic carbocycles. The lowest BCUT2D eigenvalue weighted by Gasteiger charge is -2.29. The van der Waals surface area contributed by atoms with E-state index in [4.69, 9.17) is 5.11 Å². The largest absolute Gasteiger partial charge is 0.477 e. The Hall–Kier alpha value is -1.40. The number of carbonyl (C=O) groups is 2. The predicted molar refractivity (Wildman–Crippen MR) is 76.0 cm³/mol. The Morgan fingerprint density at radius 3 is 2.32 bits per heavy atom. The third-order valence-electron chi connectivity index (χ3n) is 2.79. The minimum Gasteiger partial charge on any atom is -0.477 e. The lowest BCUT2D eigenvalue weighted by molar-refractivity contribution is 0.0681. The first-order valence-corrected chi connectivity index (χ1v) is 6.97. The van der Waals surface area contributed by atoms with Gasteiger partial charge in [-0.3, -0.25) is 4.79 Å². The van der Waals surface area contributed by atoms with Crippen molar-refractivity contribution in [1.82, 2.24) is 9.80 Å². The van der Waals surface area contributed by atoms with Gasteiger partial charge in [-0.15, -0.1) is 11.3 Å². The second kappa shape index (κ2) is 6.68. The molecule has 6 heteroatoms. The number of hydrogen-bond acceptors (Lipinski definition) is 4. The van der Waals surface area contributed by atoms with Crippen LogP contribution in [0.15, 0.2) is 12.1 Å². The van der Waals surface area contributed by atoms with E-state index in [0.29, 0.717) is 11.4 Å². The van der Waals surface area contributed by atoms with Crippen LogP contribution in [0.1, 0.15) is 33.2 Å². The Morgan fingerprint density at radius 1 is 1.32 bits per heavy atom. The number of likely N-dealkylation sites (N-methyl/N-ethyl adjacent to an activating group) is 2. The van der Waals surface area contributed by atoms with E-state index in [1.54, 1.807) is 11.0 Å². The molecule has 5 nitrogen and oxygen atoms in total. The third kappa shape index (κ3) is 4.04. The molecule has 0 fully saturated rings. The summed E-state index contributed by atoms with van der Waals surface area (Å²) in [5, 5.41) is 8.88. The van der Waals surface area contributed by atoms with Gasteiger partial charge < -0.3 is 14.9 Å².